The number of likely N-dealkylation sites (tertiary alicyclic amines) is 4. The number of nitrogens with two attached hydrogens (primary N) is 1. The number of aryl methyl sites for hydroxylation is 1. The summed E-state index contributed by atoms with van der Waals surface area (Å²) >= 11 is 8.10. The first-order chi connectivity index (χ1) is 22.1. The van der Waals surface area contributed by atoms with Crippen molar-refractivity contribution in [1.29, 1.82) is 0 Å². The van der Waals surface area contributed by atoms with Gasteiger partial charge in [0.05, 0.1) is 28.9 Å². The molecule has 0 saturated carbocycles. The number of rotatable bonds is 7. The van der Waals surface area contributed by atoms with Crippen LogP contribution in [0.5, 0.6) is 0 Å². The Morgan fingerprint density at radius 2 is 1.74 bits per heavy atom. The largest absolute Gasteiger partial charge is 0.397 e. The van der Waals surface area contributed by atoms with Crippen LogP contribution in [0.4, 0.5) is 16.2 Å². The summed E-state index contributed by atoms with van der Waals surface area (Å²) in [7, 11) is 2.23. The fraction of sp³-hybridized carbons (Fsp3) is 0.618. The Morgan fingerprint density at radius 1 is 1.02 bits per heavy atom. The van der Waals surface area contributed by atoms with Crippen LogP contribution in [0.2, 0.25) is 5.02 Å². The van der Waals surface area contributed by atoms with E-state index < -0.39 is 5.92 Å². The van der Waals surface area contributed by atoms with Crippen molar-refractivity contribution < 1.29 is 14.4 Å². The molecule has 7 rings (SSSR count). The summed E-state index contributed by atoms with van der Waals surface area (Å²) in [6.45, 7) is 7.45. The Balaban J connectivity index is 0.990. The molecule has 6 heterocycles. The number of hydrogen-bond donors (Lipinski definition) is 2. The second-order valence-corrected chi connectivity index (χ2v) is 15.5. The number of anilines is 2. The topological polar surface area (TPSA) is 105 Å². The van der Waals surface area contributed by atoms with Gasteiger partial charge in [-0.15, -0.1) is 11.3 Å². The van der Waals surface area contributed by atoms with E-state index in [0.29, 0.717) is 54.9 Å². The minimum Gasteiger partial charge on any atom is -0.397 e. The van der Waals surface area contributed by atoms with Gasteiger partial charge in [-0.25, -0.2) is 4.79 Å². The Hall–Kier alpha value is -2.86. The van der Waals surface area contributed by atoms with E-state index in [9.17, 15) is 14.4 Å². The van der Waals surface area contributed by atoms with Crippen molar-refractivity contribution in [1.82, 2.24) is 24.5 Å². The maximum atomic E-state index is 14.2. The molecule has 0 radical (unpaired) electrons. The van der Waals surface area contributed by atoms with Crippen molar-refractivity contribution in [3.05, 3.63) is 44.6 Å². The van der Waals surface area contributed by atoms with Gasteiger partial charge in [-0.1, -0.05) is 17.7 Å². The van der Waals surface area contributed by atoms with Gasteiger partial charge in [-0.3, -0.25) is 14.5 Å². The number of urea groups is 1. The number of benzene rings is 1. The molecule has 5 aliphatic rings. The van der Waals surface area contributed by atoms with Gasteiger partial charge in [-0.2, -0.15) is 0 Å². The molecule has 3 N–H and O–H groups in total. The highest BCUT2D eigenvalue weighted by Gasteiger charge is 2.45. The standard InChI is InChI=1S/C34H46ClN7O3S/c1-21-13-22(15-28(35)32(21)36)14-23(33(44)40-10-5-24(6-11-40)41-19-26-17-27(41)18-38(26)2)16-31(43)39-8-3-25(4-9-39)42-20-30-29(7-12-46-30)37-34(42)45/h7,12-13,15,23-27H,3-6,8-11,14,16-20,36H2,1-2H3,(H,37,45)/t23-,26?,27?/m0/s1. The summed E-state index contributed by atoms with van der Waals surface area (Å²) in [5.41, 5.74) is 9.39. The van der Waals surface area contributed by atoms with Crippen LogP contribution in [-0.4, -0.2) is 113 Å². The SMILES string of the molecule is Cc1cc(C[C@@H](CC(=O)N2CCC(N3Cc4sccc4NC3=O)CC2)C(=O)N2CCC(N3CC4CC3CN4C)CC2)cc(Cl)c1N. The number of piperidine rings is 2. The Labute approximate surface area is 280 Å². The minimum atomic E-state index is -0.470. The molecule has 248 valence electrons. The Kier molecular flexibility index (Phi) is 8.95. The maximum Gasteiger partial charge on any atom is 0.322 e. The van der Waals surface area contributed by atoms with Crippen LogP contribution in [0, 0.1) is 12.8 Å². The van der Waals surface area contributed by atoms with Crippen LogP contribution >= 0.6 is 22.9 Å². The molecule has 10 nitrogen and oxygen atoms in total. The molecular weight excluding hydrogens is 622 g/mol. The van der Waals surface area contributed by atoms with Gasteiger partial charge in [0.25, 0.3) is 0 Å². The lowest BCUT2D eigenvalue weighted by Crippen LogP contribution is -2.54. The van der Waals surface area contributed by atoms with Crippen molar-refractivity contribution >= 4 is 52.2 Å². The van der Waals surface area contributed by atoms with Crippen molar-refractivity contribution in [3.63, 3.8) is 0 Å². The fourth-order valence-corrected chi connectivity index (χ4v) is 9.66. The quantitative estimate of drug-likeness (QED) is 0.428. The molecule has 0 aliphatic carbocycles. The van der Waals surface area contributed by atoms with E-state index in [4.69, 9.17) is 17.3 Å². The van der Waals surface area contributed by atoms with Crippen molar-refractivity contribution in [2.75, 3.05) is 57.4 Å². The highest BCUT2D eigenvalue weighted by molar-refractivity contribution is 7.10. The van der Waals surface area contributed by atoms with E-state index in [1.807, 2.05) is 45.2 Å². The Bertz CT molecular complexity index is 1460. The van der Waals surface area contributed by atoms with Gasteiger partial charge in [-0.05, 0) is 81.1 Å². The molecule has 3 atom stereocenters. The monoisotopic (exact) mass is 667 g/mol. The van der Waals surface area contributed by atoms with Crippen LogP contribution < -0.4 is 11.1 Å². The summed E-state index contributed by atoms with van der Waals surface area (Å²) in [4.78, 5) is 52.9. The van der Waals surface area contributed by atoms with E-state index in [2.05, 4.69) is 22.2 Å². The number of nitrogens with one attached hydrogen (secondary N) is 1. The van der Waals surface area contributed by atoms with Gasteiger partial charge in [0.1, 0.15) is 0 Å². The number of fused-ring (bicyclic) bond motifs is 3. The van der Waals surface area contributed by atoms with E-state index in [-0.39, 0.29) is 30.3 Å². The third kappa shape index (κ3) is 6.23. The lowest BCUT2D eigenvalue weighted by molar-refractivity contribution is -0.143. The third-order valence-electron chi connectivity index (χ3n) is 11.3. The maximum absolute atomic E-state index is 14.2. The highest BCUT2D eigenvalue weighted by atomic mass is 35.5. The molecule has 2 unspecified atom stereocenters. The number of amides is 4. The minimum absolute atomic E-state index is 0.00537. The summed E-state index contributed by atoms with van der Waals surface area (Å²) in [6, 6.07) is 7.66. The highest BCUT2D eigenvalue weighted by Crippen LogP contribution is 2.35. The van der Waals surface area contributed by atoms with Crippen LogP contribution in [0.3, 0.4) is 0 Å². The number of hydrogen-bond acceptors (Lipinski definition) is 7. The van der Waals surface area contributed by atoms with Gasteiger partial charge < -0.3 is 30.7 Å². The molecule has 1 aromatic heterocycles. The number of likely N-dealkylation sites (N-methyl/N-ethyl adjacent to an activating group) is 1. The summed E-state index contributed by atoms with van der Waals surface area (Å²) in [6.07, 6.45) is 5.30. The number of thiophene rings is 1. The molecule has 2 bridgehead atoms. The van der Waals surface area contributed by atoms with Crippen LogP contribution in [-0.2, 0) is 22.6 Å². The van der Waals surface area contributed by atoms with Crippen molar-refractivity contribution in [3.8, 4) is 0 Å². The van der Waals surface area contributed by atoms with E-state index in [1.165, 1.54) is 11.3 Å². The normalized spacial score (nSPS) is 25.2. The lowest BCUT2D eigenvalue weighted by Gasteiger charge is -2.42. The number of carbonyl (C=O) groups is 3. The first-order valence-electron chi connectivity index (χ1n) is 16.9. The zero-order valence-electron chi connectivity index (χ0n) is 26.9. The van der Waals surface area contributed by atoms with Gasteiger partial charge in [0.15, 0.2) is 0 Å². The van der Waals surface area contributed by atoms with E-state index >= 15 is 0 Å². The second-order valence-electron chi connectivity index (χ2n) is 14.1. The summed E-state index contributed by atoms with van der Waals surface area (Å²) < 4.78 is 0. The lowest BCUT2D eigenvalue weighted by atomic mass is 9.91. The zero-order valence-corrected chi connectivity index (χ0v) is 28.5. The van der Waals surface area contributed by atoms with Gasteiger partial charge >= 0.3 is 6.03 Å². The molecular formula is C34H46ClN7O3S. The second kappa shape index (κ2) is 13.0. The molecule has 4 saturated heterocycles. The predicted molar refractivity (Wildman–Crippen MR) is 182 cm³/mol. The average Bonchev–Trinajstić information content (AvgIpc) is 3.78. The first kappa shape index (κ1) is 31.7. The van der Waals surface area contributed by atoms with Gasteiger partial charge in [0.2, 0.25) is 11.8 Å². The average molecular weight is 668 g/mol. The molecule has 1 aromatic carbocycles. The van der Waals surface area contributed by atoms with E-state index in [0.717, 1.165) is 68.7 Å². The predicted octanol–water partition coefficient (Wildman–Crippen LogP) is 4.26. The van der Waals surface area contributed by atoms with Crippen molar-refractivity contribution in [2.45, 2.75) is 82.6 Å². The zero-order chi connectivity index (χ0) is 32.1. The molecule has 5 aliphatic heterocycles. The first-order valence-corrected chi connectivity index (χ1v) is 18.1. The van der Waals surface area contributed by atoms with Crippen LogP contribution in [0.15, 0.2) is 23.6 Å². The molecule has 12 heteroatoms. The number of halogens is 1. The fourth-order valence-electron chi connectivity index (χ4n) is 8.55. The number of carbonyl (C=O) groups excluding carboxylic acids is 3. The van der Waals surface area contributed by atoms with E-state index in [1.54, 1.807) is 11.3 Å². The Morgan fingerprint density at radius 3 is 2.41 bits per heavy atom. The van der Waals surface area contributed by atoms with Gasteiger partial charge in [0, 0.05) is 74.7 Å². The number of piperazine rings is 1. The number of nitrogens with zero attached hydrogens (tertiary/aromatic N) is 5. The summed E-state index contributed by atoms with van der Waals surface area (Å²) in [5.74, 6) is -0.403. The third-order valence-corrected chi connectivity index (χ3v) is 12.5. The molecule has 2 aromatic rings. The van der Waals surface area contributed by atoms with Crippen molar-refractivity contribution in [2.24, 2.45) is 5.92 Å². The molecule has 0 spiro atoms. The summed E-state index contributed by atoms with van der Waals surface area (Å²) in [5, 5.41) is 5.49. The molecule has 4 amide bonds. The number of nitrogen functional groups attached to an aromatic ring is 1. The molecule has 4 fully saturated rings. The van der Waals surface area contributed by atoms with Crippen LogP contribution in [0.25, 0.3) is 0 Å². The smallest absolute Gasteiger partial charge is 0.322 e. The molecule has 46 heavy (non-hydrogen) atoms. The van der Waals surface area contributed by atoms with Crippen LogP contribution in [0.1, 0.15) is 54.5 Å².